The summed E-state index contributed by atoms with van der Waals surface area (Å²) in [4.78, 5) is 19.4. The Bertz CT molecular complexity index is 919. The van der Waals surface area contributed by atoms with E-state index in [1.54, 1.807) is 6.21 Å². The van der Waals surface area contributed by atoms with Gasteiger partial charge < -0.3 is 15.4 Å². The van der Waals surface area contributed by atoms with Crippen molar-refractivity contribution in [3.8, 4) is 0 Å². The minimum Gasteiger partial charge on any atom is -0.384 e. The minimum absolute atomic E-state index is 0.0174. The first-order chi connectivity index (χ1) is 14.1. The monoisotopic (exact) mass is 392 g/mol. The highest BCUT2D eigenvalue weighted by Gasteiger charge is 2.30. The Morgan fingerprint density at radius 2 is 2.03 bits per heavy atom. The summed E-state index contributed by atoms with van der Waals surface area (Å²) in [6.45, 7) is 9.69. The van der Waals surface area contributed by atoms with Crippen LogP contribution in [0.15, 0.2) is 41.4 Å². The number of hydrogen-bond donors (Lipinski definition) is 2. The number of carbonyl (C=O) groups is 1. The molecule has 2 aliphatic heterocycles. The van der Waals surface area contributed by atoms with Gasteiger partial charge >= 0.3 is 0 Å². The predicted octanol–water partition coefficient (Wildman–Crippen LogP) is 3.49. The van der Waals surface area contributed by atoms with Crippen molar-refractivity contribution >= 4 is 29.2 Å². The quantitative estimate of drug-likeness (QED) is 0.739. The summed E-state index contributed by atoms with van der Waals surface area (Å²) in [7, 11) is 0. The Morgan fingerprint density at radius 1 is 1.21 bits per heavy atom. The lowest BCUT2D eigenvalue weighted by atomic mass is 9.97. The topological polar surface area (TPSA) is 66.0 Å². The highest BCUT2D eigenvalue weighted by atomic mass is 16.5. The number of hydrogen-bond acceptors (Lipinski definition) is 5. The molecule has 0 bridgehead atoms. The van der Waals surface area contributed by atoms with Crippen LogP contribution >= 0.6 is 0 Å². The molecule has 6 nitrogen and oxygen atoms in total. The average molecular weight is 393 g/mol. The maximum Gasteiger partial charge on any atom is 0.237 e. The number of rotatable bonds is 6. The molecule has 1 amide bonds. The summed E-state index contributed by atoms with van der Waals surface area (Å²) in [5.74, 6) is -0.353. The van der Waals surface area contributed by atoms with Crippen molar-refractivity contribution in [2.24, 2.45) is 4.99 Å². The molecule has 0 spiro atoms. The van der Waals surface area contributed by atoms with Crippen LogP contribution in [0.25, 0.3) is 0 Å². The van der Waals surface area contributed by atoms with Crippen LogP contribution in [0, 0.1) is 13.8 Å². The Balaban J connectivity index is 1.39. The molecule has 4 rings (SSSR count). The SMILES string of the molecule is Cc1cc(N=CC2C(=O)Nc3cccc(C)c32)ccc1NCCN1CCOCC1. The van der Waals surface area contributed by atoms with Gasteiger partial charge in [-0.05, 0) is 54.8 Å². The lowest BCUT2D eigenvalue weighted by Crippen LogP contribution is -2.39. The van der Waals surface area contributed by atoms with E-state index in [9.17, 15) is 4.79 Å². The van der Waals surface area contributed by atoms with E-state index >= 15 is 0 Å². The number of fused-ring (bicyclic) bond motifs is 1. The second-order valence-electron chi connectivity index (χ2n) is 7.66. The summed E-state index contributed by atoms with van der Waals surface area (Å²) >= 11 is 0. The molecule has 0 aliphatic carbocycles. The molecule has 0 aromatic heterocycles. The van der Waals surface area contributed by atoms with Crippen LogP contribution in [-0.2, 0) is 9.53 Å². The van der Waals surface area contributed by atoms with Gasteiger partial charge in [0.15, 0.2) is 0 Å². The maximum atomic E-state index is 12.4. The van der Waals surface area contributed by atoms with Crippen LogP contribution in [0.1, 0.15) is 22.6 Å². The number of ether oxygens (including phenoxy) is 1. The molecule has 29 heavy (non-hydrogen) atoms. The van der Waals surface area contributed by atoms with Crippen molar-refractivity contribution in [1.82, 2.24) is 4.90 Å². The highest BCUT2D eigenvalue weighted by molar-refractivity contribution is 6.13. The number of carbonyl (C=O) groups excluding carboxylic acids is 1. The zero-order valence-electron chi connectivity index (χ0n) is 17.1. The fourth-order valence-corrected chi connectivity index (χ4v) is 3.95. The van der Waals surface area contributed by atoms with Crippen LogP contribution < -0.4 is 10.6 Å². The van der Waals surface area contributed by atoms with E-state index in [-0.39, 0.29) is 11.8 Å². The van der Waals surface area contributed by atoms with Crippen molar-refractivity contribution in [1.29, 1.82) is 0 Å². The summed E-state index contributed by atoms with van der Waals surface area (Å²) in [5.41, 5.74) is 6.15. The van der Waals surface area contributed by atoms with Crippen molar-refractivity contribution in [2.75, 3.05) is 50.0 Å². The number of morpholine rings is 1. The van der Waals surface area contributed by atoms with Gasteiger partial charge in [-0.2, -0.15) is 0 Å². The van der Waals surface area contributed by atoms with Gasteiger partial charge in [-0.3, -0.25) is 14.7 Å². The number of benzene rings is 2. The number of nitrogens with one attached hydrogen (secondary N) is 2. The molecular weight excluding hydrogens is 364 g/mol. The Morgan fingerprint density at radius 3 is 2.83 bits per heavy atom. The van der Waals surface area contributed by atoms with Gasteiger partial charge in [0.2, 0.25) is 5.91 Å². The van der Waals surface area contributed by atoms with E-state index in [0.717, 1.165) is 73.1 Å². The van der Waals surface area contributed by atoms with Gasteiger partial charge in [0, 0.05) is 43.8 Å². The molecule has 2 aromatic carbocycles. The number of amides is 1. The summed E-state index contributed by atoms with van der Waals surface area (Å²) in [6, 6.07) is 12.0. The fourth-order valence-electron chi connectivity index (χ4n) is 3.95. The van der Waals surface area contributed by atoms with Gasteiger partial charge in [0.1, 0.15) is 5.92 Å². The van der Waals surface area contributed by atoms with Gasteiger partial charge in [0.25, 0.3) is 0 Å². The van der Waals surface area contributed by atoms with E-state index in [1.807, 2.05) is 31.2 Å². The van der Waals surface area contributed by atoms with E-state index in [2.05, 4.69) is 39.6 Å². The third kappa shape index (κ3) is 4.49. The molecular formula is C23H28N4O2. The van der Waals surface area contributed by atoms with E-state index < -0.39 is 0 Å². The van der Waals surface area contributed by atoms with Crippen molar-refractivity contribution in [3.63, 3.8) is 0 Å². The number of aryl methyl sites for hydroxylation is 2. The fraction of sp³-hybridized carbons (Fsp3) is 0.391. The normalized spacial score (nSPS) is 19.4. The van der Waals surface area contributed by atoms with Gasteiger partial charge in [-0.1, -0.05) is 12.1 Å². The first-order valence-corrected chi connectivity index (χ1v) is 10.2. The lowest BCUT2D eigenvalue weighted by Gasteiger charge is -2.26. The molecule has 1 unspecified atom stereocenters. The molecule has 0 saturated carbocycles. The van der Waals surface area contributed by atoms with Crippen molar-refractivity contribution in [2.45, 2.75) is 19.8 Å². The lowest BCUT2D eigenvalue weighted by molar-refractivity contribution is -0.115. The number of nitrogens with zero attached hydrogens (tertiary/aromatic N) is 2. The van der Waals surface area contributed by atoms with E-state index in [4.69, 9.17) is 4.74 Å². The van der Waals surface area contributed by atoms with Crippen LogP contribution in [0.5, 0.6) is 0 Å². The zero-order valence-corrected chi connectivity index (χ0v) is 17.1. The molecule has 152 valence electrons. The first kappa shape index (κ1) is 19.6. The smallest absolute Gasteiger partial charge is 0.237 e. The van der Waals surface area contributed by atoms with Crippen molar-refractivity contribution < 1.29 is 9.53 Å². The molecule has 2 N–H and O–H groups in total. The number of aliphatic imine (C=N–C) groups is 1. The number of anilines is 2. The summed E-state index contributed by atoms with van der Waals surface area (Å²) < 4.78 is 5.39. The molecule has 0 radical (unpaired) electrons. The molecule has 2 aromatic rings. The van der Waals surface area contributed by atoms with Crippen LogP contribution in [0.2, 0.25) is 0 Å². The predicted molar refractivity (Wildman–Crippen MR) is 118 cm³/mol. The molecule has 6 heteroatoms. The Hall–Kier alpha value is -2.70. The first-order valence-electron chi connectivity index (χ1n) is 10.2. The van der Waals surface area contributed by atoms with Gasteiger partial charge in [-0.15, -0.1) is 0 Å². The molecule has 1 fully saturated rings. The molecule has 1 atom stereocenters. The molecule has 2 aliphatic rings. The van der Waals surface area contributed by atoms with Crippen molar-refractivity contribution in [3.05, 3.63) is 53.1 Å². The molecule has 1 saturated heterocycles. The van der Waals surface area contributed by atoms with E-state index in [0.29, 0.717) is 0 Å². The zero-order chi connectivity index (χ0) is 20.2. The van der Waals surface area contributed by atoms with E-state index in [1.165, 1.54) is 0 Å². The van der Waals surface area contributed by atoms with Gasteiger partial charge in [0.05, 0.1) is 18.9 Å². The maximum absolute atomic E-state index is 12.4. The molecule has 2 heterocycles. The van der Waals surface area contributed by atoms with Crippen LogP contribution in [0.4, 0.5) is 17.1 Å². The minimum atomic E-state index is -0.335. The highest BCUT2D eigenvalue weighted by Crippen LogP contribution is 2.34. The van der Waals surface area contributed by atoms with Gasteiger partial charge in [-0.25, -0.2) is 0 Å². The second-order valence-corrected chi connectivity index (χ2v) is 7.66. The average Bonchev–Trinajstić information content (AvgIpc) is 3.05. The Labute approximate surface area is 172 Å². The third-order valence-corrected chi connectivity index (χ3v) is 5.61. The van der Waals surface area contributed by atoms with Crippen LogP contribution in [0.3, 0.4) is 0 Å². The largest absolute Gasteiger partial charge is 0.384 e. The summed E-state index contributed by atoms with van der Waals surface area (Å²) in [6.07, 6.45) is 1.76. The standard InChI is InChI=1S/C23H28N4O2/c1-16-4-3-5-21-22(16)19(23(28)26-21)15-25-18-6-7-20(17(2)14-18)24-8-9-27-10-12-29-13-11-27/h3-7,14-15,19,24H,8-13H2,1-2H3,(H,26,28). The Kier molecular flexibility index (Phi) is 5.92. The summed E-state index contributed by atoms with van der Waals surface area (Å²) in [5, 5.41) is 6.46. The second kappa shape index (κ2) is 8.76. The van der Waals surface area contributed by atoms with Crippen LogP contribution in [-0.4, -0.2) is 56.4 Å². The third-order valence-electron chi connectivity index (χ3n) is 5.61.